The first-order valence-corrected chi connectivity index (χ1v) is 9.60. The van der Waals surface area contributed by atoms with Gasteiger partial charge >= 0.3 is 0 Å². The van der Waals surface area contributed by atoms with Gasteiger partial charge in [-0.05, 0) is 43.0 Å². The van der Waals surface area contributed by atoms with Crippen molar-refractivity contribution in [2.45, 2.75) is 45.4 Å². The van der Waals surface area contributed by atoms with Crippen molar-refractivity contribution in [2.24, 2.45) is 5.92 Å². The monoisotopic (exact) mass is 360 g/mol. The highest BCUT2D eigenvalue weighted by molar-refractivity contribution is 5.92. The van der Waals surface area contributed by atoms with Crippen molar-refractivity contribution in [2.75, 3.05) is 19.6 Å². The first-order chi connectivity index (χ1) is 12.6. The maximum absolute atomic E-state index is 13.2. The number of rotatable bonds is 8. The SMILES string of the molecule is CCCCCCNC(=O)C1CCCN(C(=O)/C=C/c2cccc(F)c2)C1. The Labute approximate surface area is 155 Å². The average molecular weight is 360 g/mol. The Morgan fingerprint density at radius 3 is 2.92 bits per heavy atom. The normalized spacial score (nSPS) is 17.5. The molecule has 0 aromatic heterocycles. The molecule has 1 aromatic carbocycles. The molecule has 5 heteroatoms. The van der Waals surface area contributed by atoms with Crippen LogP contribution in [0.4, 0.5) is 4.39 Å². The Kier molecular flexibility index (Phi) is 8.32. The van der Waals surface area contributed by atoms with Crippen molar-refractivity contribution >= 4 is 17.9 Å². The van der Waals surface area contributed by atoms with E-state index in [0.29, 0.717) is 25.2 Å². The van der Waals surface area contributed by atoms with Crippen LogP contribution in [0.2, 0.25) is 0 Å². The largest absolute Gasteiger partial charge is 0.356 e. The highest BCUT2D eigenvalue weighted by Crippen LogP contribution is 2.17. The number of nitrogens with one attached hydrogen (secondary N) is 1. The Morgan fingerprint density at radius 2 is 2.15 bits per heavy atom. The molecular formula is C21H29FN2O2. The van der Waals surface area contributed by atoms with E-state index in [9.17, 15) is 14.0 Å². The van der Waals surface area contributed by atoms with Crippen LogP contribution in [0.15, 0.2) is 30.3 Å². The number of piperidine rings is 1. The highest BCUT2D eigenvalue weighted by atomic mass is 19.1. The van der Waals surface area contributed by atoms with Crippen LogP contribution in [0.1, 0.15) is 51.0 Å². The topological polar surface area (TPSA) is 49.4 Å². The summed E-state index contributed by atoms with van der Waals surface area (Å²) in [6.45, 7) is 3.98. The first kappa shape index (κ1) is 20.1. The fourth-order valence-electron chi connectivity index (χ4n) is 3.18. The second-order valence-corrected chi connectivity index (χ2v) is 6.86. The maximum Gasteiger partial charge on any atom is 0.246 e. The summed E-state index contributed by atoms with van der Waals surface area (Å²) in [5.41, 5.74) is 0.650. The highest BCUT2D eigenvalue weighted by Gasteiger charge is 2.27. The van der Waals surface area contributed by atoms with Crippen LogP contribution in [0, 0.1) is 11.7 Å². The van der Waals surface area contributed by atoms with Gasteiger partial charge in [-0.2, -0.15) is 0 Å². The van der Waals surface area contributed by atoms with Gasteiger partial charge in [-0.15, -0.1) is 0 Å². The molecule has 1 heterocycles. The van der Waals surface area contributed by atoms with E-state index < -0.39 is 0 Å². The molecule has 0 aliphatic carbocycles. The zero-order valence-corrected chi connectivity index (χ0v) is 15.5. The number of likely N-dealkylation sites (tertiary alicyclic amines) is 1. The molecule has 1 aliphatic heterocycles. The van der Waals surface area contributed by atoms with Crippen molar-refractivity contribution in [3.63, 3.8) is 0 Å². The summed E-state index contributed by atoms with van der Waals surface area (Å²) in [7, 11) is 0. The van der Waals surface area contributed by atoms with E-state index in [0.717, 1.165) is 25.7 Å². The maximum atomic E-state index is 13.2. The lowest BCUT2D eigenvalue weighted by molar-refractivity contribution is -0.132. The minimum Gasteiger partial charge on any atom is -0.356 e. The van der Waals surface area contributed by atoms with Gasteiger partial charge in [0.25, 0.3) is 0 Å². The third kappa shape index (κ3) is 6.62. The van der Waals surface area contributed by atoms with Gasteiger partial charge in [-0.25, -0.2) is 4.39 Å². The van der Waals surface area contributed by atoms with Crippen molar-refractivity contribution < 1.29 is 14.0 Å². The quantitative estimate of drug-likeness (QED) is 0.567. The standard InChI is InChI=1S/C21H29FN2O2/c1-2-3-4-5-13-23-21(26)18-9-7-14-24(16-18)20(25)12-11-17-8-6-10-19(22)15-17/h6,8,10-12,15,18H,2-5,7,9,13-14,16H2,1H3,(H,23,26)/b12-11+. The van der Waals surface area contributed by atoms with Crippen molar-refractivity contribution in [1.82, 2.24) is 10.2 Å². The van der Waals surface area contributed by atoms with E-state index in [-0.39, 0.29) is 23.5 Å². The lowest BCUT2D eigenvalue weighted by Crippen LogP contribution is -2.45. The number of amides is 2. The minimum atomic E-state index is -0.326. The van der Waals surface area contributed by atoms with Crippen molar-refractivity contribution in [3.05, 3.63) is 41.7 Å². The first-order valence-electron chi connectivity index (χ1n) is 9.60. The third-order valence-electron chi connectivity index (χ3n) is 4.70. The molecule has 1 atom stereocenters. The molecule has 2 amide bonds. The van der Waals surface area contributed by atoms with E-state index >= 15 is 0 Å². The van der Waals surface area contributed by atoms with Crippen LogP contribution in [0.25, 0.3) is 6.08 Å². The van der Waals surface area contributed by atoms with Crippen molar-refractivity contribution in [1.29, 1.82) is 0 Å². The molecule has 1 unspecified atom stereocenters. The van der Waals surface area contributed by atoms with Crippen LogP contribution in [0.3, 0.4) is 0 Å². The van der Waals surface area contributed by atoms with Gasteiger partial charge in [-0.1, -0.05) is 38.3 Å². The molecule has 1 aromatic rings. The summed E-state index contributed by atoms with van der Waals surface area (Å²) >= 11 is 0. The minimum absolute atomic E-state index is 0.0492. The van der Waals surface area contributed by atoms with Gasteiger partial charge in [0.1, 0.15) is 5.82 Å². The van der Waals surface area contributed by atoms with Crippen molar-refractivity contribution in [3.8, 4) is 0 Å². The summed E-state index contributed by atoms with van der Waals surface area (Å²) < 4.78 is 13.2. The second-order valence-electron chi connectivity index (χ2n) is 6.86. The smallest absolute Gasteiger partial charge is 0.246 e. The lowest BCUT2D eigenvalue weighted by atomic mass is 9.97. The molecule has 0 radical (unpaired) electrons. The number of carbonyl (C=O) groups is 2. The van der Waals surface area contributed by atoms with Gasteiger partial charge in [0.2, 0.25) is 11.8 Å². The predicted molar refractivity (Wildman–Crippen MR) is 102 cm³/mol. The number of benzene rings is 1. The van der Waals surface area contributed by atoms with E-state index in [4.69, 9.17) is 0 Å². The molecule has 0 spiro atoms. The van der Waals surface area contributed by atoms with Gasteiger partial charge < -0.3 is 10.2 Å². The Hall–Kier alpha value is -2.17. The number of nitrogens with zero attached hydrogens (tertiary/aromatic N) is 1. The zero-order valence-electron chi connectivity index (χ0n) is 15.5. The summed E-state index contributed by atoms with van der Waals surface area (Å²) in [6, 6.07) is 6.11. The van der Waals surface area contributed by atoms with Crippen LogP contribution in [-0.2, 0) is 9.59 Å². The molecular weight excluding hydrogens is 331 g/mol. The fourth-order valence-corrected chi connectivity index (χ4v) is 3.18. The van der Waals surface area contributed by atoms with E-state index in [1.807, 2.05) is 0 Å². The second kappa shape index (κ2) is 10.7. The van der Waals surface area contributed by atoms with Crippen LogP contribution < -0.4 is 5.32 Å². The lowest BCUT2D eigenvalue weighted by Gasteiger charge is -2.31. The average Bonchev–Trinajstić information content (AvgIpc) is 2.66. The summed E-state index contributed by atoms with van der Waals surface area (Å²) in [5.74, 6) is -0.544. The predicted octanol–water partition coefficient (Wildman–Crippen LogP) is 3.77. The Balaban J connectivity index is 1.81. The number of hydrogen-bond donors (Lipinski definition) is 1. The molecule has 1 aliphatic rings. The molecule has 26 heavy (non-hydrogen) atoms. The van der Waals surface area contributed by atoms with E-state index in [1.165, 1.54) is 31.1 Å². The van der Waals surface area contributed by atoms with Gasteiger partial charge in [0, 0.05) is 25.7 Å². The zero-order chi connectivity index (χ0) is 18.8. The number of halogens is 1. The van der Waals surface area contributed by atoms with Gasteiger partial charge in [0.15, 0.2) is 0 Å². The third-order valence-corrected chi connectivity index (χ3v) is 4.70. The fraction of sp³-hybridized carbons (Fsp3) is 0.524. The summed E-state index contributed by atoms with van der Waals surface area (Å²) in [6.07, 6.45) is 9.23. The molecule has 1 N–H and O–H groups in total. The molecule has 1 saturated heterocycles. The molecule has 2 rings (SSSR count). The van der Waals surface area contributed by atoms with Crippen LogP contribution in [0.5, 0.6) is 0 Å². The van der Waals surface area contributed by atoms with E-state index in [1.54, 1.807) is 23.1 Å². The Bertz CT molecular complexity index is 630. The molecule has 142 valence electrons. The van der Waals surface area contributed by atoms with Gasteiger partial charge in [0.05, 0.1) is 5.92 Å². The number of carbonyl (C=O) groups excluding carboxylic acids is 2. The van der Waals surface area contributed by atoms with Crippen LogP contribution in [-0.4, -0.2) is 36.3 Å². The summed E-state index contributed by atoms with van der Waals surface area (Å²) in [5, 5.41) is 3.00. The number of unbranched alkanes of at least 4 members (excludes halogenated alkanes) is 3. The molecule has 4 nitrogen and oxygen atoms in total. The van der Waals surface area contributed by atoms with Gasteiger partial charge in [-0.3, -0.25) is 9.59 Å². The summed E-state index contributed by atoms with van der Waals surface area (Å²) in [4.78, 5) is 26.4. The van der Waals surface area contributed by atoms with E-state index in [2.05, 4.69) is 12.2 Å². The molecule has 0 bridgehead atoms. The van der Waals surface area contributed by atoms with Crippen LogP contribution >= 0.6 is 0 Å². The molecule has 0 saturated carbocycles. The number of hydrogen-bond acceptors (Lipinski definition) is 2. The molecule has 1 fully saturated rings. The Morgan fingerprint density at radius 1 is 1.31 bits per heavy atom.